The van der Waals surface area contributed by atoms with Gasteiger partial charge in [-0.3, -0.25) is 14.5 Å². The van der Waals surface area contributed by atoms with E-state index in [1.165, 1.54) is 30.4 Å². The molecule has 1 saturated heterocycles. The third kappa shape index (κ3) is 4.09. The van der Waals surface area contributed by atoms with Gasteiger partial charge in [0.1, 0.15) is 0 Å². The Morgan fingerprint density at radius 2 is 1.71 bits per heavy atom. The summed E-state index contributed by atoms with van der Waals surface area (Å²) in [6, 6.07) is 8.67. The van der Waals surface area contributed by atoms with E-state index in [1.54, 1.807) is 0 Å². The van der Waals surface area contributed by atoms with Gasteiger partial charge in [-0.15, -0.1) is 0 Å². The quantitative estimate of drug-likeness (QED) is 0.850. The summed E-state index contributed by atoms with van der Waals surface area (Å²) in [7, 11) is 0. The third-order valence-corrected chi connectivity index (χ3v) is 6.82. The van der Waals surface area contributed by atoms with Gasteiger partial charge in [0.05, 0.1) is 12.0 Å². The highest BCUT2D eigenvalue weighted by molar-refractivity contribution is 5.91. The number of carbonyl (C=O) groups excluding carboxylic acids is 2. The number of piperazine rings is 1. The maximum absolute atomic E-state index is 13.3. The number of nitrogens with zero attached hydrogens (tertiary/aromatic N) is 2. The Morgan fingerprint density at radius 3 is 2.36 bits per heavy atom. The van der Waals surface area contributed by atoms with Gasteiger partial charge in [-0.05, 0) is 43.7 Å². The zero-order chi connectivity index (χ0) is 19.6. The number of carbonyl (C=O) groups is 2. The standard InChI is InChI=1S/C23H33N3O2/c1-18-7-5-6-10-20(18)23(11-12-23)22(28)26-15-13-25(14-16-26)17-21(27)24-19-8-3-2-4-9-19/h5-7,10,19H,2-4,8-9,11-17H2,1H3,(H,24,27). The van der Waals surface area contributed by atoms with E-state index in [0.717, 1.165) is 51.9 Å². The van der Waals surface area contributed by atoms with Gasteiger partial charge < -0.3 is 10.2 Å². The number of nitrogens with one attached hydrogen (secondary N) is 1. The fourth-order valence-corrected chi connectivity index (χ4v) is 4.97. The van der Waals surface area contributed by atoms with Crippen molar-refractivity contribution in [1.82, 2.24) is 15.1 Å². The van der Waals surface area contributed by atoms with Gasteiger partial charge in [0.2, 0.25) is 11.8 Å². The first-order valence-electron chi connectivity index (χ1n) is 11.0. The van der Waals surface area contributed by atoms with Gasteiger partial charge >= 0.3 is 0 Å². The highest BCUT2D eigenvalue weighted by Gasteiger charge is 2.53. The highest BCUT2D eigenvalue weighted by Crippen LogP contribution is 2.50. The summed E-state index contributed by atoms with van der Waals surface area (Å²) >= 11 is 0. The Balaban J connectivity index is 1.28. The van der Waals surface area contributed by atoms with Crippen molar-refractivity contribution < 1.29 is 9.59 Å². The molecule has 2 amide bonds. The predicted molar refractivity (Wildman–Crippen MR) is 110 cm³/mol. The molecule has 0 unspecified atom stereocenters. The van der Waals surface area contributed by atoms with Crippen LogP contribution in [0.5, 0.6) is 0 Å². The van der Waals surface area contributed by atoms with Gasteiger partial charge in [-0.1, -0.05) is 43.5 Å². The van der Waals surface area contributed by atoms with Crippen molar-refractivity contribution in [3.63, 3.8) is 0 Å². The van der Waals surface area contributed by atoms with E-state index in [-0.39, 0.29) is 17.2 Å². The summed E-state index contributed by atoms with van der Waals surface area (Å²) in [5, 5.41) is 3.20. The third-order valence-electron chi connectivity index (χ3n) is 6.82. The molecule has 1 aliphatic heterocycles. The van der Waals surface area contributed by atoms with E-state index >= 15 is 0 Å². The zero-order valence-corrected chi connectivity index (χ0v) is 17.1. The number of aryl methyl sites for hydroxylation is 1. The van der Waals surface area contributed by atoms with Gasteiger partial charge in [-0.2, -0.15) is 0 Å². The lowest BCUT2D eigenvalue weighted by molar-refractivity contribution is -0.136. The van der Waals surface area contributed by atoms with E-state index in [4.69, 9.17) is 0 Å². The van der Waals surface area contributed by atoms with Crippen LogP contribution in [0.15, 0.2) is 24.3 Å². The normalized spacial score (nSPS) is 22.7. The SMILES string of the molecule is Cc1ccccc1C1(C(=O)N2CCN(CC(=O)NC3CCCCC3)CC2)CC1. The van der Waals surface area contributed by atoms with E-state index in [2.05, 4.69) is 29.3 Å². The summed E-state index contributed by atoms with van der Waals surface area (Å²) in [4.78, 5) is 29.8. The van der Waals surface area contributed by atoms with Gasteiger partial charge in [0.15, 0.2) is 0 Å². The Morgan fingerprint density at radius 1 is 1.04 bits per heavy atom. The maximum Gasteiger partial charge on any atom is 0.234 e. The average Bonchev–Trinajstić information content (AvgIpc) is 3.51. The van der Waals surface area contributed by atoms with E-state index in [0.29, 0.717) is 12.6 Å². The lowest BCUT2D eigenvalue weighted by Crippen LogP contribution is -2.53. The molecular formula is C23H33N3O2. The molecule has 0 aromatic heterocycles. The molecule has 0 bridgehead atoms. The molecule has 1 aromatic rings. The number of rotatable bonds is 5. The summed E-state index contributed by atoms with van der Waals surface area (Å²) in [6.07, 6.45) is 7.92. The molecule has 1 N–H and O–H groups in total. The highest BCUT2D eigenvalue weighted by atomic mass is 16.2. The van der Waals surface area contributed by atoms with Crippen LogP contribution in [0.3, 0.4) is 0 Å². The van der Waals surface area contributed by atoms with Crippen LogP contribution < -0.4 is 5.32 Å². The van der Waals surface area contributed by atoms with Crippen LogP contribution in [0.25, 0.3) is 0 Å². The minimum Gasteiger partial charge on any atom is -0.352 e. The Hall–Kier alpha value is -1.88. The van der Waals surface area contributed by atoms with Crippen molar-refractivity contribution in [2.24, 2.45) is 0 Å². The maximum atomic E-state index is 13.3. The molecule has 3 aliphatic rings. The van der Waals surface area contributed by atoms with Crippen LogP contribution in [0.2, 0.25) is 0 Å². The van der Waals surface area contributed by atoms with Crippen LogP contribution in [0.4, 0.5) is 0 Å². The molecule has 0 spiro atoms. The zero-order valence-electron chi connectivity index (χ0n) is 17.1. The van der Waals surface area contributed by atoms with E-state index in [1.807, 2.05) is 17.0 Å². The second-order valence-electron chi connectivity index (χ2n) is 8.87. The first-order valence-corrected chi connectivity index (χ1v) is 11.0. The predicted octanol–water partition coefficient (Wildman–Crippen LogP) is 2.62. The lowest BCUT2D eigenvalue weighted by Gasteiger charge is -2.37. The smallest absolute Gasteiger partial charge is 0.234 e. The fraction of sp³-hybridized carbons (Fsp3) is 0.652. The molecule has 152 valence electrons. The molecule has 1 heterocycles. The van der Waals surface area contributed by atoms with Crippen molar-refractivity contribution in [1.29, 1.82) is 0 Å². The molecule has 3 fully saturated rings. The van der Waals surface area contributed by atoms with Crippen molar-refractivity contribution >= 4 is 11.8 Å². The summed E-state index contributed by atoms with van der Waals surface area (Å²) < 4.78 is 0. The number of hydrogen-bond donors (Lipinski definition) is 1. The van der Waals surface area contributed by atoms with Crippen LogP contribution in [0.1, 0.15) is 56.1 Å². The van der Waals surface area contributed by atoms with Gasteiger partial charge in [0, 0.05) is 32.2 Å². The second-order valence-corrected chi connectivity index (χ2v) is 8.87. The first-order chi connectivity index (χ1) is 13.6. The van der Waals surface area contributed by atoms with Crippen LogP contribution in [0, 0.1) is 6.92 Å². The fourth-order valence-electron chi connectivity index (χ4n) is 4.97. The first kappa shape index (κ1) is 19.4. The minimum atomic E-state index is -0.286. The van der Waals surface area contributed by atoms with E-state index in [9.17, 15) is 9.59 Å². The van der Waals surface area contributed by atoms with E-state index < -0.39 is 0 Å². The minimum absolute atomic E-state index is 0.144. The van der Waals surface area contributed by atoms with Crippen LogP contribution in [-0.4, -0.2) is 60.4 Å². The molecule has 2 saturated carbocycles. The van der Waals surface area contributed by atoms with Crippen molar-refractivity contribution in [3.8, 4) is 0 Å². The summed E-state index contributed by atoms with van der Waals surface area (Å²) in [5.41, 5.74) is 2.13. The Labute approximate surface area is 168 Å². The molecule has 2 aliphatic carbocycles. The van der Waals surface area contributed by atoms with Crippen molar-refractivity contribution in [2.75, 3.05) is 32.7 Å². The number of benzene rings is 1. The molecule has 1 aromatic carbocycles. The molecule has 4 rings (SSSR count). The molecule has 5 nitrogen and oxygen atoms in total. The molecule has 0 radical (unpaired) electrons. The molecular weight excluding hydrogens is 350 g/mol. The summed E-state index contributed by atoms with van der Waals surface area (Å²) in [6.45, 7) is 5.58. The number of amides is 2. The van der Waals surface area contributed by atoms with Gasteiger partial charge in [-0.25, -0.2) is 0 Å². The van der Waals surface area contributed by atoms with Gasteiger partial charge in [0.25, 0.3) is 0 Å². The van der Waals surface area contributed by atoms with Crippen molar-refractivity contribution in [2.45, 2.75) is 63.3 Å². The Bertz CT molecular complexity index is 714. The summed E-state index contributed by atoms with van der Waals surface area (Å²) in [5.74, 6) is 0.429. The van der Waals surface area contributed by atoms with Crippen LogP contribution in [-0.2, 0) is 15.0 Å². The average molecular weight is 384 g/mol. The molecule has 5 heteroatoms. The molecule has 0 atom stereocenters. The van der Waals surface area contributed by atoms with Crippen LogP contribution >= 0.6 is 0 Å². The number of hydrogen-bond acceptors (Lipinski definition) is 3. The topological polar surface area (TPSA) is 52.7 Å². The molecule has 28 heavy (non-hydrogen) atoms. The second kappa shape index (κ2) is 8.24. The monoisotopic (exact) mass is 383 g/mol. The van der Waals surface area contributed by atoms with Crippen molar-refractivity contribution in [3.05, 3.63) is 35.4 Å². The Kier molecular flexibility index (Phi) is 5.72. The largest absolute Gasteiger partial charge is 0.352 e. The lowest BCUT2D eigenvalue weighted by atomic mass is 9.90.